The Morgan fingerprint density at radius 3 is 2.29 bits per heavy atom. The Balaban J connectivity index is 1.98. The van der Waals surface area contributed by atoms with E-state index in [1.54, 1.807) is 17.0 Å². The molecule has 0 fully saturated rings. The van der Waals surface area contributed by atoms with Crippen molar-refractivity contribution in [1.82, 2.24) is 10.2 Å². The van der Waals surface area contributed by atoms with Crippen LogP contribution in [0.3, 0.4) is 0 Å². The number of aryl methyl sites for hydroxylation is 1. The van der Waals surface area contributed by atoms with Gasteiger partial charge in [-0.3, -0.25) is 9.59 Å². The number of halogens is 1. The van der Waals surface area contributed by atoms with Crippen molar-refractivity contribution in [2.45, 2.75) is 58.7 Å². The summed E-state index contributed by atoms with van der Waals surface area (Å²) < 4.78 is 0. The lowest BCUT2D eigenvalue weighted by Crippen LogP contribution is -2.52. The Labute approximate surface area is 207 Å². The van der Waals surface area contributed by atoms with Crippen molar-refractivity contribution in [2.75, 3.05) is 0 Å². The van der Waals surface area contributed by atoms with E-state index in [9.17, 15) is 9.59 Å². The van der Waals surface area contributed by atoms with Crippen LogP contribution in [0.4, 0.5) is 0 Å². The first kappa shape index (κ1) is 25.5. The summed E-state index contributed by atoms with van der Waals surface area (Å²) in [5, 5.41) is 3.69. The van der Waals surface area contributed by atoms with Crippen LogP contribution < -0.4 is 5.32 Å². The Kier molecular flexibility index (Phi) is 9.29. The third-order valence-corrected chi connectivity index (χ3v) is 6.35. The van der Waals surface area contributed by atoms with Gasteiger partial charge in [0.05, 0.1) is 6.42 Å². The van der Waals surface area contributed by atoms with Crippen LogP contribution in [0, 0.1) is 6.92 Å². The van der Waals surface area contributed by atoms with Crippen LogP contribution in [0.15, 0.2) is 78.9 Å². The zero-order valence-electron chi connectivity index (χ0n) is 20.1. The first-order valence-corrected chi connectivity index (χ1v) is 12.2. The molecule has 0 aliphatic heterocycles. The summed E-state index contributed by atoms with van der Waals surface area (Å²) in [5.74, 6) is -0.239. The maximum absolute atomic E-state index is 13.7. The molecule has 2 atom stereocenters. The lowest BCUT2D eigenvalue weighted by Gasteiger charge is -2.33. The van der Waals surface area contributed by atoms with Crippen LogP contribution in [0.1, 0.15) is 42.5 Å². The second kappa shape index (κ2) is 12.4. The number of hydrogen-bond donors (Lipinski definition) is 1. The zero-order valence-corrected chi connectivity index (χ0v) is 20.9. The SMILES string of the molecule is CC[C@@H](C)NC(=O)[C@@H](Cc1ccccc1)N(Cc1ccccc1C)C(=O)Cc1cccc(Cl)c1. The van der Waals surface area contributed by atoms with Crippen LogP contribution in [0.5, 0.6) is 0 Å². The summed E-state index contributed by atoms with van der Waals surface area (Å²) >= 11 is 6.16. The maximum atomic E-state index is 13.7. The number of benzene rings is 3. The molecular formula is C29H33ClN2O2. The Morgan fingerprint density at radius 2 is 1.62 bits per heavy atom. The van der Waals surface area contributed by atoms with Gasteiger partial charge in [-0.2, -0.15) is 0 Å². The van der Waals surface area contributed by atoms with Gasteiger partial charge < -0.3 is 10.2 Å². The lowest BCUT2D eigenvalue weighted by molar-refractivity contribution is -0.141. The highest BCUT2D eigenvalue weighted by molar-refractivity contribution is 6.30. The second-order valence-electron chi connectivity index (χ2n) is 8.78. The molecule has 0 spiro atoms. The number of nitrogens with zero attached hydrogens (tertiary/aromatic N) is 1. The van der Waals surface area contributed by atoms with Gasteiger partial charge in [0.2, 0.25) is 11.8 Å². The largest absolute Gasteiger partial charge is 0.352 e. The minimum Gasteiger partial charge on any atom is -0.352 e. The van der Waals surface area contributed by atoms with Gasteiger partial charge in [-0.05, 0) is 54.7 Å². The normalized spacial score (nSPS) is 12.6. The highest BCUT2D eigenvalue weighted by Crippen LogP contribution is 2.19. The van der Waals surface area contributed by atoms with Gasteiger partial charge >= 0.3 is 0 Å². The molecule has 0 unspecified atom stereocenters. The number of nitrogens with one attached hydrogen (secondary N) is 1. The molecule has 34 heavy (non-hydrogen) atoms. The van der Waals surface area contributed by atoms with Gasteiger partial charge in [0.25, 0.3) is 0 Å². The van der Waals surface area contributed by atoms with E-state index in [-0.39, 0.29) is 24.3 Å². The fourth-order valence-electron chi connectivity index (χ4n) is 3.89. The van der Waals surface area contributed by atoms with Gasteiger partial charge in [0, 0.05) is 24.0 Å². The fraction of sp³-hybridized carbons (Fsp3) is 0.310. The number of carbonyl (C=O) groups is 2. The average Bonchev–Trinajstić information content (AvgIpc) is 2.82. The maximum Gasteiger partial charge on any atom is 0.243 e. The highest BCUT2D eigenvalue weighted by Gasteiger charge is 2.31. The van der Waals surface area contributed by atoms with E-state index < -0.39 is 6.04 Å². The van der Waals surface area contributed by atoms with Gasteiger partial charge in [-0.15, -0.1) is 0 Å². The predicted octanol–water partition coefficient (Wildman–Crippen LogP) is 5.75. The van der Waals surface area contributed by atoms with Crippen LogP contribution in [-0.4, -0.2) is 28.8 Å². The third kappa shape index (κ3) is 7.19. The van der Waals surface area contributed by atoms with Gasteiger partial charge in [-0.25, -0.2) is 0 Å². The fourth-order valence-corrected chi connectivity index (χ4v) is 4.10. The average molecular weight is 477 g/mol. The topological polar surface area (TPSA) is 49.4 Å². The molecule has 3 aromatic rings. The van der Waals surface area contributed by atoms with Crippen molar-refractivity contribution >= 4 is 23.4 Å². The molecule has 0 saturated carbocycles. The third-order valence-electron chi connectivity index (χ3n) is 6.12. The monoisotopic (exact) mass is 476 g/mol. The van der Waals surface area contributed by atoms with Crippen molar-refractivity contribution in [3.05, 3.63) is 106 Å². The minimum atomic E-state index is -0.636. The van der Waals surface area contributed by atoms with E-state index >= 15 is 0 Å². The van der Waals surface area contributed by atoms with E-state index in [4.69, 9.17) is 11.6 Å². The van der Waals surface area contributed by atoms with Crippen LogP contribution >= 0.6 is 11.6 Å². The lowest BCUT2D eigenvalue weighted by atomic mass is 10.00. The standard InChI is InChI=1S/C29H33ClN2O2/c1-4-22(3)31-29(34)27(18-23-12-6-5-7-13-23)32(20-25-15-9-8-11-21(25)2)28(33)19-24-14-10-16-26(30)17-24/h5-17,22,27H,4,18-20H2,1-3H3,(H,31,34)/t22-,27-/m1/s1. The number of carbonyl (C=O) groups excluding carboxylic acids is 2. The number of rotatable bonds is 10. The number of amides is 2. The molecule has 2 amide bonds. The smallest absolute Gasteiger partial charge is 0.243 e. The highest BCUT2D eigenvalue weighted by atomic mass is 35.5. The van der Waals surface area contributed by atoms with Gasteiger partial charge in [0.15, 0.2) is 0 Å². The molecule has 0 aliphatic carbocycles. The van der Waals surface area contributed by atoms with Crippen molar-refractivity contribution < 1.29 is 9.59 Å². The molecule has 178 valence electrons. The summed E-state index contributed by atoms with van der Waals surface area (Å²) in [6, 6.07) is 24.6. The summed E-state index contributed by atoms with van der Waals surface area (Å²) in [6.07, 6.45) is 1.43. The van der Waals surface area contributed by atoms with Crippen molar-refractivity contribution in [2.24, 2.45) is 0 Å². The van der Waals surface area contributed by atoms with Gasteiger partial charge in [0.1, 0.15) is 6.04 Å². The Bertz CT molecular complexity index is 1100. The molecule has 0 saturated heterocycles. The molecule has 3 aromatic carbocycles. The van der Waals surface area contributed by atoms with Crippen molar-refractivity contribution in [1.29, 1.82) is 0 Å². The van der Waals surface area contributed by atoms with Crippen LogP contribution in [-0.2, 0) is 29.0 Å². The molecule has 0 radical (unpaired) electrons. The van der Waals surface area contributed by atoms with Crippen molar-refractivity contribution in [3.8, 4) is 0 Å². The summed E-state index contributed by atoms with van der Waals surface area (Å²) in [6.45, 7) is 6.40. The van der Waals surface area contributed by atoms with E-state index in [1.165, 1.54) is 0 Å². The molecule has 4 nitrogen and oxygen atoms in total. The second-order valence-corrected chi connectivity index (χ2v) is 9.21. The zero-order chi connectivity index (χ0) is 24.5. The molecule has 0 aliphatic rings. The molecule has 0 heterocycles. The minimum absolute atomic E-state index is 0.0223. The quantitative estimate of drug-likeness (QED) is 0.405. The molecule has 0 bridgehead atoms. The summed E-state index contributed by atoms with van der Waals surface area (Å²) in [7, 11) is 0. The molecule has 3 rings (SSSR count). The Morgan fingerprint density at radius 1 is 0.941 bits per heavy atom. The summed E-state index contributed by atoms with van der Waals surface area (Å²) in [4.78, 5) is 29.0. The number of hydrogen-bond acceptors (Lipinski definition) is 2. The van der Waals surface area contributed by atoms with Gasteiger partial charge in [-0.1, -0.05) is 85.3 Å². The molecule has 1 N–H and O–H groups in total. The molecule has 0 aromatic heterocycles. The first-order chi connectivity index (χ1) is 16.4. The predicted molar refractivity (Wildman–Crippen MR) is 139 cm³/mol. The molecule has 5 heteroatoms. The van der Waals surface area contributed by atoms with E-state index in [0.717, 1.165) is 28.7 Å². The molecular weight excluding hydrogens is 444 g/mol. The first-order valence-electron chi connectivity index (χ1n) is 11.8. The summed E-state index contributed by atoms with van der Waals surface area (Å²) in [5.41, 5.74) is 3.95. The van der Waals surface area contributed by atoms with Crippen LogP contribution in [0.2, 0.25) is 5.02 Å². The van der Waals surface area contributed by atoms with E-state index in [2.05, 4.69) is 5.32 Å². The Hall–Kier alpha value is -3.11. The van der Waals surface area contributed by atoms with Crippen molar-refractivity contribution in [3.63, 3.8) is 0 Å². The van der Waals surface area contributed by atoms with Crippen LogP contribution in [0.25, 0.3) is 0 Å². The van der Waals surface area contributed by atoms with E-state index in [0.29, 0.717) is 18.0 Å². The van der Waals surface area contributed by atoms with E-state index in [1.807, 2.05) is 87.5 Å².